The largest absolute Gasteiger partial charge is 0.311 e. The van der Waals surface area contributed by atoms with Crippen LogP contribution in [0.1, 0.15) is 60.3 Å². The van der Waals surface area contributed by atoms with E-state index in [-0.39, 0.29) is 0 Å². The fourth-order valence-corrected chi connectivity index (χ4v) is 3.17. The predicted octanol–water partition coefficient (Wildman–Crippen LogP) is 3.27. The first kappa shape index (κ1) is 15.0. The Bertz CT molecular complexity index is 203. The van der Waals surface area contributed by atoms with Crippen LogP contribution in [0.4, 0.5) is 0 Å². The van der Waals surface area contributed by atoms with E-state index in [1.165, 1.54) is 38.8 Å². The summed E-state index contributed by atoms with van der Waals surface area (Å²) in [5.74, 6) is 0.807. The van der Waals surface area contributed by atoms with Crippen molar-refractivity contribution in [2.24, 2.45) is 5.92 Å². The zero-order chi connectivity index (χ0) is 12.8. The second-order valence-electron chi connectivity index (χ2n) is 6.13. The molecule has 1 heterocycles. The van der Waals surface area contributed by atoms with Gasteiger partial charge in [-0.15, -0.1) is 0 Å². The predicted molar refractivity (Wildman–Crippen MR) is 76.4 cm³/mol. The van der Waals surface area contributed by atoms with Gasteiger partial charge in [-0.1, -0.05) is 34.1 Å². The van der Waals surface area contributed by atoms with Gasteiger partial charge in [0.15, 0.2) is 0 Å². The molecule has 1 saturated heterocycles. The third-order valence-electron chi connectivity index (χ3n) is 4.03. The molecule has 1 rings (SSSR count). The van der Waals surface area contributed by atoms with E-state index in [1.54, 1.807) is 0 Å². The summed E-state index contributed by atoms with van der Waals surface area (Å²) in [6.45, 7) is 14.1. The van der Waals surface area contributed by atoms with Gasteiger partial charge < -0.3 is 5.32 Å². The second-order valence-corrected chi connectivity index (χ2v) is 6.13. The Morgan fingerprint density at radius 1 is 1.24 bits per heavy atom. The van der Waals surface area contributed by atoms with Crippen molar-refractivity contribution < 1.29 is 0 Å². The zero-order valence-corrected chi connectivity index (χ0v) is 12.5. The summed E-state index contributed by atoms with van der Waals surface area (Å²) in [6, 6.07) is 2.20. The van der Waals surface area contributed by atoms with Crippen LogP contribution in [-0.2, 0) is 0 Å². The first-order valence-corrected chi connectivity index (χ1v) is 7.57. The highest BCUT2D eigenvalue weighted by Gasteiger charge is 2.29. The molecule has 102 valence electrons. The van der Waals surface area contributed by atoms with Gasteiger partial charge in [-0.05, 0) is 32.1 Å². The molecule has 0 amide bonds. The van der Waals surface area contributed by atoms with Crippen LogP contribution in [0.15, 0.2) is 0 Å². The molecule has 17 heavy (non-hydrogen) atoms. The van der Waals surface area contributed by atoms with E-state index in [4.69, 9.17) is 0 Å². The Morgan fingerprint density at radius 3 is 2.47 bits per heavy atom. The molecule has 0 aromatic heterocycles. The molecule has 1 aliphatic heterocycles. The summed E-state index contributed by atoms with van der Waals surface area (Å²) in [5.41, 5.74) is 0. The van der Waals surface area contributed by atoms with Crippen LogP contribution in [0.25, 0.3) is 0 Å². The maximum absolute atomic E-state index is 3.72. The van der Waals surface area contributed by atoms with Crippen LogP contribution < -0.4 is 5.32 Å². The van der Waals surface area contributed by atoms with Crippen molar-refractivity contribution in [2.75, 3.05) is 13.1 Å². The van der Waals surface area contributed by atoms with E-state index >= 15 is 0 Å². The van der Waals surface area contributed by atoms with Gasteiger partial charge in [0, 0.05) is 31.2 Å². The zero-order valence-electron chi connectivity index (χ0n) is 12.5. The number of nitrogens with one attached hydrogen (secondary N) is 1. The van der Waals surface area contributed by atoms with Crippen LogP contribution in [0.5, 0.6) is 0 Å². The Morgan fingerprint density at radius 2 is 1.94 bits per heavy atom. The molecule has 3 unspecified atom stereocenters. The Hall–Kier alpha value is -0.0800. The average Bonchev–Trinajstić information content (AvgIpc) is 2.28. The molecule has 1 aliphatic rings. The monoisotopic (exact) mass is 240 g/mol. The number of hydrogen-bond donors (Lipinski definition) is 1. The molecule has 2 nitrogen and oxygen atoms in total. The summed E-state index contributed by atoms with van der Waals surface area (Å²) in [7, 11) is 0. The topological polar surface area (TPSA) is 15.3 Å². The third kappa shape index (κ3) is 4.59. The molecular formula is C15H32N2. The first-order chi connectivity index (χ1) is 8.08. The average molecular weight is 240 g/mol. The highest BCUT2D eigenvalue weighted by atomic mass is 15.2. The number of piperazine rings is 1. The first-order valence-electron chi connectivity index (χ1n) is 7.57. The molecule has 1 fully saturated rings. The minimum absolute atomic E-state index is 0.720. The van der Waals surface area contributed by atoms with E-state index < -0.39 is 0 Å². The van der Waals surface area contributed by atoms with Crippen LogP contribution >= 0.6 is 0 Å². The molecular weight excluding hydrogens is 208 g/mol. The van der Waals surface area contributed by atoms with Crippen LogP contribution in [0, 0.1) is 5.92 Å². The number of rotatable bonds is 6. The number of nitrogens with zero attached hydrogens (tertiary/aromatic N) is 1. The summed E-state index contributed by atoms with van der Waals surface area (Å²) >= 11 is 0. The normalized spacial score (nSPS) is 28.6. The molecule has 3 atom stereocenters. The van der Waals surface area contributed by atoms with Gasteiger partial charge in [0.05, 0.1) is 0 Å². The fourth-order valence-electron chi connectivity index (χ4n) is 3.17. The van der Waals surface area contributed by atoms with Gasteiger partial charge in [0.1, 0.15) is 0 Å². The number of hydrogen-bond acceptors (Lipinski definition) is 2. The van der Waals surface area contributed by atoms with Gasteiger partial charge in [-0.3, -0.25) is 4.90 Å². The fraction of sp³-hybridized carbons (Fsp3) is 1.00. The molecule has 0 saturated carbocycles. The van der Waals surface area contributed by atoms with Crippen molar-refractivity contribution in [3.05, 3.63) is 0 Å². The minimum Gasteiger partial charge on any atom is -0.311 e. The third-order valence-corrected chi connectivity index (χ3v) is 4.03. The maximum atomic E-state index is 3.72. The highest BCUT2D eigenvalue weighted by Crippen LogP contribution is 2.20. The molecule has 0 aromatic carbocycles. The quantitative estimate of drug-likeness (QED) is 0.766. The Labute approximate surface area is 108 Å². The van der Waals surface area contributed by atoms with Gasteiger partial charge in [0.2, 0.25) is 0 Å². The van der Waals surface area contributed by atoms with E-state index in [1.807, 2.05) is 0 Å². The van der Waals surface area contributed by atoms with E-state index in [2.05, 4.69) is 44.8 Å². The smallest absolute Gasteiger partial charge is 0.0221 e. The standard InChI is InChI=1S/C15H32N2/c1-6-8-14-11-17(13(5)9-12(3)4)15(7-2)10-16-14/h12-16H,6-11H2,1-5H3. The SMILES string of the molecule is CCCC1CN(C(C)CC(C)C)C(CC)CN1. The van der Waals surface area contributed by atoms with E-state index in [9.17, 15) is 0 Å². The van der Waals surface area contributed by atoms with Crippen molar-refractivity contribution in [3.8, 4) is 0 Å². The molecule has 0 aromatic rings. The van der Waals surface area contributed by atoms with Crippen LogP contribution in [-0.4, -0.2) is 36.1 Å². The Balaban J connectivity index is 2.55. The van der Waals surface area contributed by atoms with E-state index in [0.717, 1.165) is 24.0 Å². The van der Waals surface area contributed by atoms with Gasteiger partial charge >= 0.3 is 0 Å². The van der Waals surface area contributed by atoms with Gasteiger partial charge in [0.25, 0.3) is 0 Å². The Kier molecular flexibility index (Phi) is 6.50. The molecule has 0 bridgehead atoms. The van der Waals surface area contributed by atoms with Crippen molar-refractivity contribution in [1.29, 1.82) is 0 Å². The second kappa shape index (κ2) is 7.38. The van der Waals surface area contributed by atoms with Crippen molar-refractivity contribution in [3.63, 3.8) is 0 Å². The lowest BCUT2D eigenvalue weighted by atomic mass is 9.97. The summed E-state index contributed by atoms with van der Waals surface area (Å²) in [6.07, 6.45) is 5.21. The van der Waals surface area contributed by atoms with Crippen molar-refractivity contribution in [2.45, 2.75) is 78.4 Å². The van der Waals surface area contributed by atoms with Crippen molar-refractivity contribution >= 4 is 0 Å². The summed E-state index contributed by atoms with van der Waals surface area (Å²) < 4.78 is 0. The maximum Gasteiger partial charge on any atom is 0.0221 e. The van der Waals surface area contributed by atoms with Crippen molar-refractivity contribution in [1.82, 2.24) is 10.2 Å². The summed E-state index contributed by atoms with van der Waals surface area (Å²) in [4.78, 5) is 2.76. The lowest BCUT2D eigenvalue weighted by Gasteiger charge is -2.44. The molecule has 2 heteroatoms. The summed E-state index contributed by atoms with van der Waals surface area (Å²) in [5, 5.41) is 3.72. The van der Waals surface area contributed by atoms with Crippen LogP contribution in [0.3, 0.4) is 0 Å². The van der Waals surface area contributed by atoms with Crippen LogP contribution in [0.2, 0.25) is 0 Å². The molecule has 0 spiro atoms. The van der Waals surface area contributed by atoms with Gasteiger partial charge in [-0.2, -0.15) is 0 Å². The lowest BCUT2D eigenvalue weighted by Crippen LogP contribution is -2.58. The lowest BCUT2D eigenvalue weighted by molar-refractivity contribution is 0.0740. The molecule has 0 radical (unpaired) electrons. The molecule has 1 N–H and O–H groups in total. The highest BCUT2D eigenvalue weighted by molar-refractivity contribution is 4.88. The molecule has 0 aliphatic carbocycles. The minimum atomic E-state index is 0.720. The van der Waals surface area contributed by atoms with Gasteiger partial charge in [-0.25, -0.2) is 0 Å². The van der Waals surface area contributed by atoms with E-state index in [0.29, 0.717) is 0 Å².